The molecule has 0 saturated heterocycles. The summed E-state index contributed by atoms with van der Waals surface area (Å²) in [6, 6.07) is 14.6. The molecule has 3 aromatic rings. The van der Waals surface area contributed by atoms with Crippen LogP contribution in [0.4, 0.5) is 10.3 Å². The van der Waals surface area contributed by atoms with Crippen LogP contribution < -0.4 is 5.73 Å². The number of rotatable bonds is 3. The molecule has 0 bridgehead atoms. The Morgan fingerprint density at radius 1 is 1.05 bits per heavy atom. The Morgan fingerprint density at radius 2 is 1.79 bits per heavy atom. The van der Waals surface area contributed by atoms with Crippen LogP contribution in [-0.4, -0.2) is 9.55 Å². The van der Waals surface area contributed by atoms with Crippen LogP contribution in [0.1, 0.15) is 5.56 Å². The Balaban J connectivity index is 1.90. The number of nitrogens with zero attached hydrogens (tertiary/aromatic N) is 2. The minimum Gasteiger partial charge on any atom is -0.369 e. The molecule has 0 aliphatic carbocycles. The highest BCUT2D eigenvalue weighted by Gasteiger charge is 2.08. The molecule has 0 unspecified atom stereocenters. The second-order valence-electron chi connectivity index (χ2n) is 4.45. The van der Waals surface area contributed by atoms with Crippen LogP contribution in [-0.2, 0) is 13.0 Å². The molecule has 2 aromatic carbocycles. The third-order valence-corrected chi connectivity index (χ3v) is 3.25. The molecule has 0 aliphatic heterocycles. The fraction of sp³-hybridized carbons (Fsp3) is 0.133. The first-order valence-electron chi connectivity index (χ1n) is 6.20. The molecule has 1 aromatic heterocycles. The number of imidazole rings is 1. The molecule has 0 radical (unpaired) electrons. The van der Waals surface area contributed by atoms with Gasteiger partial charge in [-0.05, 0) is 30.2 Å². The predicted molar refractivity (Wildman–Crippen MR) is 74.2 cm³/mol. The van der Waals surface area contributed by atoms with Crippen molar-refractivity contribution in [1.82, 2.24) is 9.55 Å². The van der Waals surface area contributed by atoms with Gasteiger partial charge in [0.15, 0.2) is 0 Å². The largest absolute Gasteiger partial charge is 0.369 e. The van der Waals surface area contributed by atoms with Gasteiger partial charge in [-0.1, -0.05) is 30.3 Å². The van der Waals surface area contributed by atoms with Gasteiger partial charge in [0, 0.05) is 6.54 Å². The van der Waals surface area contributed by atoms with Gasteiger partial charge in [0.25, 0.3) is 0 Å². The van der Waals surface area contributed by atoms with E-state index in [1.54, 1.807) is 12.1 Å². The normalized spacial score (nSPS) is 11.0. The number of aromatic nitrogens is 2. The number of halogens is 1. The Bertz CT molecular complexity index is 718. The summed E-state index contributed by atoms with van der Waals surface area (Å²) in [6.45, 7) is 0.618. The molecule has 0 amide bonds. The standard InChI is InChI=1S/C15H14FN3/c16-12-6-2-1-5-11(12)9-10-19-14-8-4-3-7-13(14)18-15(19)17/h1-8H,9-10H2,(H2,17,18). The van der Waals surface area contributed by atoms with E-state index in [-0.39, 0.29) is 5.82 Å². The Hall–Kier alpha value is -2.36. The molecular weight excluding hydrogens is 241 g/mol. The van der Waals surface area contributed by atoms with Crippen LogP contribution >= 0.6 is 0 Å². The minimum absolute atomic E-state index is 0.175. The van der Waals surface area contributed by atoms with E-state index in [2.05, 4.69) is 4.98 Å². The van der Waals surface area contributed by atoms with Gasteiger partial charge in [-0.3, -0.25) is 0 Å². The van der Waals surface area contributed by atoms with Gasteiger partial charge in [0.05, 0.1) is 11.0 Å². The van der Waals surface area contributed by atoms with E-state index in [0.717, 1.165) is 11.0 Å². The molecule has 0 atom stereocenters. The zero-order valence-corrected chi connectivity index (χ0v) is 10.4. The maximum atomic E-state index is 13.6. The molecule has 96 valence electrons. The van der Waals surface area contributed by atoms with Crippen LogP contribution in [0.5, 0.6) is 0 Å². The van der Waals surface area contributed by atoms with E-state index >= 15 is 0 Å². The minimum atomic E-state index is -0.175. The Morgan fingerprint density at radius 3 is 2.63 bits per heavy atom. The molecule has 0 spiro atoms. The number of anilines is 1. The van der Waals surface area contributed by atoms with Gasteiger partial charge in [-0.15, -0.1) is 0 Å². The molecule has 0 saturated carbocycles. The first-order chi connectivity index (χ1) is 9.25. The maximum absolute atomic E-state index is 13.6. The number of fused-ring (bicyclic) bond motifs is 1. The van der Waals surface area contributed by atoms with Crippen molar-refractivity contribution in [3.63, 3.8) is 0 Å². The number of nitrogens with two attached hydrogens (primary N) is 1. The average Bonchev–Trinajstić information content (AvgIpc) is 2.74. The van der Waals surface area contributed by atoms with Crippen molar-refractivity contribution < 1.29 is 4.39 Å². The molecule has 4 heteroatoms. The van der Waals surface area contributed by atoms with Crippen LogP contribution in [0.15, 0.2) is 48.5 Å². The van der Waals surface area contributed by atoms with E-state index in [9.17, 15) is 4.39 Å². The van der Waals surface area contributed by atoms with Gasteiger partial charge in [0.2, 0.25) is 5.95 Å². The highest BCUT2D eigenvalue weighted by molar-refractivity contribution is 5.78. The molecule has 1 heterocycles. The van der Waals surface area contributed by atoms with Gasteiger partial charge >= 0.3 is 0 Å². The fourth-order valence-corrected chi connectivity index (χ4v) is 2.26. The lowest BCUT2D eigenvalue weighted by Crippen LogP contribution is -2.06. The summed E-state index contributed by atoms with van der Waals surface area (Å²) in [5, 5.41) is 0. The lowest BCUT2D eigenvalue weighted by Gasteiger charge is -2.07. The van der Waals surface area contributed by atoms with Crippen molar-refractivity contribution in [2.45, 2.75) is 13.0 Å². The molecule has 0 aliphatic rings. The topological polar surface area (TPSA) is 43.8 Å². The number of nitrogen functional groups attached to an aromatic ring is 1. The Labute approximate surface area is 110 Å². The van der Waals surface area contributed by atoms with Crippen LogP contribution in [0.2, 0.25) is 0 Å². The van der Waals surface area contributed by atoms with Crippen molar-refractivity contribution in [2.24, 2.45) is 0 Å². The monoisotopic (exact) mass is 255 g/mol. The van der Waals surface area contributed by atoms with E-state index < -0.39 is 0 Å². The third kappa shape index (κ3) is 2.17. The average molecular weight is 255 g/mol. The van der Waals surface area contributed by atoms with Gasteiger partial charge in [-0.25, -0.2) is 9.37 Å². The number of hydrogen-bond acceptors (Lipinski definition) is 2. The number of aryl methyl sites for hydroxylation is 2. The number of benzene rings is 2. The first kappa shape index (κ1) is 11.7. The van der Waals surface area contributed by atoms with Crippen molar-refractivity contribution in [3.05, 3.63) is 59.9 Å². The summed E-state index contributed by atoms with van der Waals surface area (Å²) in [5.74, 6) is 0.294. The highest BCUT2D eigenvalue weighted by Crippen LogP contribution is 2.18. The molecule has 3 nitrogen and oxygen atoms in total. The summed E-state index contributed by atoms with van der Waals surface area (Å²) in [4.78, 5) is 4.29. The highest BCUT2D eigenvalue weighted by atomic mass is 19.1. The molecular formula is C15H14FN3. The second kappa shape index (κ2) is 4.72. The summed E-state index contributed by atoms with van der Waals surface area (Å²) in [6.07, 6.45) is 0.594. The molecule has 3 rings (SSSR count). The lowest BCUT2D eigenvalue weighted by molar-refractivity contribution is 0.597. The lowest BCUT2D eigenvalue weighted by atomic mass is 10.1. The SMILES string of the molecule is Nc1nc2ccccc2n1CCc1ccccc1F. The fourth-order valence-electron chi connectivity index (χ4n) is 2.26. The van der Waals surface area contributed by atoms with Gasteiger partial charge < -0.3 is 10.3 Å². The number of para-hydroxylation sites is 2. The van der Waals surface area contributed by atoms with Crippen molar-refractivity contribution in [2.75, 3.05) is 5.73 Å². The van der Waals surface area contributed by atoms with E-state index in [4.69, 9.17) is 5.73 Å². The van der Waals surface area contributed by atoms with E-state index in [0.29, 0.717) is 24.5 Å². The van der Waals surface area contributed by atoms with Crippen molar-refractivity contribution in [3.8, 4) is 0 Å². The van der Waals surface area contributed by atoms with Crippen LogP contribution in [0, 0.1) is 5.82 Å². The van der Waals surface area contributed by atoms with Crippen LogP contribution in [0.25, 0.3) is 11.0 Å². The number of hydrogen-bond donors (Lipinski definition) is 1. The Kier molecular flexibility index (Phi) is 2.91. The van der Waals surface area contributed by atoms with Crippen molar-refractivity contribution >= 4 is 17.0 Å². The summed E-state index contributed by atoms with van der Waals surface area (Å²) in [5.41, 5.74) is 8.46. The second-order valence-corrected chi connectivity index (χ2v) is 4.45. The van der Waals surface area contributed by atoms with Crippen LogP contribution in [0.3, 0.4) is 0 Å². The smallest absolute Gasteiger partial charge is 0.201 e. The van der Waals surface area contributed by atoms with Gasteiger partial charge in [-0.2, -0.15) is 0 Å². The predicted octanol–water partition coefficient (Wildman–Crippen LogP) is 3.00. The quantitative estimate of drug-likeness (QED) is 0.781. The summed E-state index contributed by atoms with van der Waals surface area (Å²) >= 11 is 0. The maximum Gasteiger partial charge on any atom is 0.201 e. The van der Waals surface area contributed by atoms with Crippen molar-refractivity contribution in [1.29, 1.82) is 0 Å². The zero-order chi connectivity index (χ0) is 13.2. The van der Waals surface area contributed by atoms with Gasteiger partial charge in [0.1, 0.15) is 5.82 Å². The first-order valence-corrected chi connectivity index (χ1v) is 6.20. The molecule has 0 fully saturated rings. The van der Waals surface area contributed by atoms with E-state index in [1.165, 1.54) is 6.07 Å². The van der Waals surface area contributed by atoms with E-state index in [1.807, 2.05) is 34.9 Å². The third-order valence-electron chi connectivity index (χ3n) is 3.25. The zero-order valence-electron chi connectivity index (χ0n) is 10.4. The molecule has 19 heavy (non-hydrogen) atoms. The summed E-state index contributed by atoms with van der Waals surface area (Å²) in [7, 11) is 0. The molecule has 2 N–H and O–H groups in total. The summed E-state index contributed by atoms with van der Waals surface area (Å²) < 4.78 is 15.5.